The lowest BCUT2D eigenvalue weighted by Crippen LogP contribution is -2.24. The Bertz CT molecular complexity index is 650. The lowest BCUT2D eigenvalue weighted by Gasteiger charge is -2.08. The fourth-order valence-electron chi connectivity index (χ4n) is 1.91. The molecule has 0 aromatic heterocycles. The van der Waals surface area contributed by atoms with Gasteiger partial charge in [-0.05, 0) is 23.3 Å². The van der Waals surface area contributed by atoms with Crippen LogP contribution in [0.5, 0.6) is 0 Å². The maximum absolute atomic E-state index is 12.1. The van der Waals surface area contributed by atoms with E-state index < -0.39 is 11.9 Å². The van der Waals surface area contributed by atoms with E-state index in [1.165, 1.54) is 12.1 Å². The Morgan fingerprint density at radius 1 is 0.905 bits per heavy atom. The third kappa shape index (κ3) is 3.67. The zero-order valence-electron chi connectivity index (χ0n) is 11.2. The van der Waals surface area contributed by atoms with Crippen LogP contribution in [0.3, 0.4) is 0 Å². The second-order valence-electron chi connectivity index (χ2n) is 4.51. The number of carboxylic acids is 1. The molecule has 0 aliphatic carbocycles. The summed E-state index contributed by atoms with van der Waals surface area (Å²) < 4.78 is 0. The molecule has 0 radical (unpaired) electrons. The quantitative estimate of drug-likeness (QED) is 0.782. The molecule has 0 aliphatic rings. The highest BCUT2D eigenvalue weighted by atomic mass is 16.4. The van der Waals surface area contributed by atoms with Gasteiger partial charge in [0, 0.05) is 6.54 Å². The number of nitrogens with one attached hydrogen (secondary N) is 1. The summed E-state index contributed by atoms with van der Waals surface area (Å²) in [5.74, 6) is -1.56. The van der Waals surface area contributed by atoms with Crippen LogP contribution in [0.2, 0.25) is 0 Å². The fourth-order valence-corrected chi connectivity index (χ4v) is 1.91. The molecular weight excluding hydrogens is 270 g/mol. The first-order valence-electron chi connectivity index (χ1n) is 6.41. The Kier molecular flexibility index (Phi) is 4.68. The van der Waals surface area contributed by atoms with E-state index >= 15 is 0 Å². The van der Waals surface area contributed by atoms with Gasteiger partial charge < -0.3 is 15.5 Å². The molecule has 5 nitrogen and oxygen atoms in total. The molecule has 2 rings (SSSR count). The average molecular weight is 285 g/mol. The molecule has 0 aliphatic heterocycles. The molecule has 3 N–H and O–H groups in total. The van der Waals surface area contributed by atoms with Crippen LogP contribution in [0, 0.1) is 0 Å². The molecule has 0 saturated carbocycles. The third-order valence-electron chi connectivity index (χ3n) is 3.06. The number of rotatable bonds is 5. The predicted octanol–water partition coefficient (Wildman–Crippen LogP) is 1.81. The number of carbonyl (C=O) groups is 2. The summed E-state index contributed by atoms with van der Waals surface area (Å²) in [6, 6.07) is 13.2. The lowest BCUT2D eigenvalue weighted by atomic mass is 10.1. The van der Waals surface area contributed by atoms with Crippen LogP contribution in [0.1, 0.15) is 31.8 Å². The van der Waals surface area contributed by atoms with Crippen molar-refractivity contribution in [3.63, 3.8) is 0 Å². The Morgan fingerprint density at radius 2 is 1.48 bits per heavy atom. The second-order valence-corrected chi connectivity index (χ2v) is 4.51. The van der Waals surface area contributed by atoms with E-state index in [0.717, 1.165) is 11.1 Å². The first-order valence-corrected chi connectivity index (χ1v) is 6.41. The maximum Gasteiger partial charge on any atom is 0.336 e. The maximum atomic E-state index is 12.1. The van der Waals surface area contributed by atoms with Gasteiger partial charge in [-0.3, -0.25) is 4.79 Å². The number of carbonyl (C=O) groups excluding carboxylic acids is 1. The van der Waals surface area contributed by atoms with Crippen LogP contribution in [0.4, 0.5) is 0 Å². The van der Waals surface area contributed by atoms with Crippen molar-refractivity contribution in [2.75, 3.05) is 0 Å². The van der Waals surface area contributed by atoms with Gasteiger partial charge in [0.1, 0.15) is 0 Å². The van der Waals surface area contributed by atoms with E-state index in [9.17, 15) is 9.59 Å². The van der Waals surface area contributed by atoms with Crippen molar-refractivity contribution >= 4 is 11.9 Å². The summed E-state index contributed by atoms with van der Waals surface area (Å²) in [6.45, 7) is 0.261. The molecule has 0 atom stereocenters. The van der Waals surface area contributed by atoms with Crippen molar-refractivity contribution in [2.45, 2.75) is 13.2 Å². The normalized spacial score (nSPS) is 10.1. The average Bonchev–Trinajstić information content (AvgIpc) is 2.53. The van der Waals surface area contributed by atoms with E-state index in [2.05, 4.69) is 5.32 Å². The zero-order chi connectivity index (χ0) is 15.2. The minimum absolute atomic E-state index is 0.0226. The first-order chi connectivity index (χ1) is 10.1. The van der Waals surface area contributed by atoms with Crippen molar-refractivity contribution in [3.05, 3.63) is 70.8 Å². The van der Waals surface area contributed by atoms with Crippen molar-refractivity contribution in [3.8, 4) is 0 Å². The minimum atomic E-state index is -1.13. The van der Waals surface area contributed by atoms with Crippen LogP contribution in [-0.4, -0.2) is 22.1 Å². The number of aliphatic hydroxyl groups is 1. The van der Waals surface area contributed by atoms with Crippen LogP contribution in [0.15, 0.2) is 48.5 Å². The number of aromatic carboxylic acids is 1. The summed E-state index contributed by atoms with van der Waals surface area (Å²) in [6.07, 6.45) is 0. The molecule has 0 unspecified atom stereocenters. The molecule has 2 aromatic carbocycles. The topological polar surface area (TPSA) is 86.6 Å². The van der Waals surface area contributed by atoms with Crippen molar-refractivity contribution < 1.29 is 19.8 Å². The number of amides is 1. The first kappa shape index (κ1) is 14.7. The predicted molar refractivity (Wildman–Crippen MR) is 76.9 cm³/mol. The van der Waals surface area contributed by atoms with Gasteiger partial charge in [-0.15, -0.1) is 0 Å². The molecule has 0 spiro atoms. The third-order valence-corrected chi connectivity index (χ3v) is 3.06. The summed E-state index contributed by atoms with van der Waals surface area (Å²) in [7, 11) is 0. The van der Waals surface area contributed by atoms with Crippen molar-refractivity contribution in [1.82, 2.24) is 5.32 Å². The Balaban J connectivity index is 2.06. The Hall–Kier alpha value is -2.66. The minimum Gasteiger partial charge on any atom is -0.478 e. The van der Waals surface area contributed by atoms with E-state index in [4.69, 9.17) is 10.2 Å². The van der Waals surface area contributed by atoms with Crippen LogP contribution >= 0.6 is 0 Å². The molecule has 0 bridgehead atoms. The number of carboxylic acid groups (broad SMARTS) is 1. The van der Waals surface area contributed by atoms with E-state index in [0.29, 0.717) is 6.54 Å². The van der Waals surface area contributed by atoms with Gasteiger partial charge in [-0.25, -0.2) is 4.79 Å². The summed E-state index contributed by atoms with van der Waals surface area (Å²) in [4.78, 5) is 23.1. The monoisotopic (exact) mass is 285 g/mol. The van der Waals surface area contributed by atoms with Gasteiger partial charge in [0.05, 0.1) is 17.7 Å². The molecule has 1 amide bonds. The highest BCUT2D eigenvalue weighted by Gasteiger charge is 2.15. The SMILES string of the molecule is O=C(O)c1ccccc1C(=O)NCc1ccc(CO)cc1. The van der Waals surface area contributed by atoms with Gasteiger partial charge in [0.15, 0.2) is 0 Å². The van der Waals surface area contributed by atoms with Gasteiger partial charge in [-0.1, -0.05) is 36.4 Å². The second kappa shape index (κ2) is 6.67. The molecule has 108 valence electrons. The summed E-state index contributed by atoms with van der Waals surface area (Å²) in [5.41, 5.74) is 1.78. The highest BCUT2D eigenvalue weighted by Crippen LogP contribution is 2.09. The van der Waals surface area contributed by atoms with Crippen LogP contribution in [-0.2, 0) is 13.2 Å². The largest absolute Gasteiger partial charge is 0.478 e. The Morgan fingerprint density at radius 3 is 2.05 bits per heavy atom. The van der Waals surface area contributed by atoms with Gasteiger partial charge >= 0.3 is 5.97 Å². The van der Waals surface area contributed by atoms with E-state index in [-0.39, 0.29) is 17.7 Å². The van der Waals surface area contributed by atoms with Crippen LogP contribution < -0.4 is 5.32 Å². The Labute approximate surface area is 121 Å². The lowest BCUT2D eigenvalue weighted by molar-refractivity contribution is 0.0691. The molecule has 21 heavy (non-hydrogen) atoms. The molecule has 0 fully saturated rings. The van der Waals surface area contributed by atoms with Gasteiger partial charge in [-0.2, -0.15) is 0 Å². The zero-order valence-corrected chi connectivity index (χ0v) is 11.2. The van der Waals surface area contributed by atoms with Crippen LogP contribution in [0.25, 0.3) is 0 Å². The standard InChI is InChI=1S/C16H15NO4/c18-10-12-7-5-11(6-8-12)9-17-15(19)13-3-1-2-4-14(13)16(20)21/h1-8,18H,9-10H2,(H,17,19)(H,20,21). The molecule has 0 saturated heterocycles. The number of benzene rings is 2. The van der Waals surface area contributed by atoms with Crippen molar-refractivity contribution in [2.24, 2.45) is 0 Å². The van der Waals surface area contributed by atoms with E-state index in [1.807, 2.05) is 0 Å². The molecule has 0 heterocycles. The van der Waals surface area contributed by atoms with Crippen molar-refractivity contribution in [1.29, 1.82) is 0 Å². The molecule has 5 heteroatoms. The van der Waals surface area contributed by atoms with Gasteiger partial charge in [0.2, 0.25) is 0 Å². The molecule has 2 aromatic rings. The molecular formula is C16H15NO4. The fraction of sp³-hybridized carbons (Fsp3) is 0.125. The summed E-state index contributed by atoms with van der Waals surface area (Å²) in [5, 5.41) is 20.7. The van der Waals surface area contributed by atoms with E-state index in [1.54, 1.807) is 36.4 Å². The smallest absolute Gasteiger partial charge is 0.336 e. The van der Waals surface area contributed by atoms with Gasteiger partial charge in [0.25, 0.3) is 5.91 Å². The number of hydrogen-bond donors (Lipinski definition) is 3. The number of aliphatic hydroxyl groups excluding tert-OH is 1. The number of hydrogen-bond acceptors (Lipinski definition) is 3. The highest BCUT2D eigenvalue weighted by molar-refractivity contribution is 6.04. The summed E-state index contributed by atoms with van der Waals surface area (Å²) >= 11 is 0.